The topological polar surface area (TPSA) is 8.81 Å². The van der Waals surface area contributed by atoms with Gasteiger partial charge in [-0.25, -0.2) is 9.13 Å². The van der Waals surface area contributed by atoms with Crippen LogP contribution in [0, 0.1) is 6.92 Å². The van der Waals surface area contributed by atoms with Crippen molar-refractivity contribution in [3.05, 3.63) is 18.2 Å². The zero-order valence-electron chi connectivity index (χ0n) is 13.3. The van der Waals surface area contributed by atoms with Gasteiger partial charge in [0.1, 0.15) is 11.9 Å². The van der Waals surface area contributed by atoms with Crippen LogP contribution in [0.4, 0.5) is 0 Å². The lowest BCUT2D eigenvalue weighted by atomic mass is 10.1. The molecule has 110 valence electrons. The molecule has 0 fully saturated rings. The molecule has 1 rings (SSSR count). The molecule has 19 heavy (non-hydrogen) atoms. The Morgan fingerprint density at radius 1 is 0.895 bits per heavy atom. The highest BCUT2D eigenvalue weighted by atomic mass is 15.1. The van der Waals surface area contributed by atoms with E-state index in [1.54, 1.807) is 0 Å². The Morgan fingerprint density at radius 3 is 1.89 bits per heavy atom. The number of aryl methyl sites for hydroxylation is 3. The highest BCUT2D eigenvalue weighted by molar-refractivity contribution is 4.86. The van der Waals surface area contributed by atoms with Gasteiger partial charge in [0.25, 0.3) is 0 Å². The number of hydrogen-bond donors (Lipinski definition) is 0. The molecular weight excluding hydrogens is 232 g/mol. The third-order valence-corrected chi connectivity index (χ3v) is 4.00. The van der Waals surface area contributed by atoms with Crippen LogP contribution < -0.4 is 4.57 Å². The van der Waals surface area contributed by atoms with Gasteiger partial charge in [-0.2, -0.15) is 0 Å². The first-order chi connectivity index (χ1) is 9.24. The van der Waals surface area contributed by atoms with E-state index in [2.05, 4.69) is 42.6 Å². The Kier molecular flexibility index (Phi) is 8.61. The molecule has 1 heterocycles. The van der Waals surface area contributed by atoms with E-state index in [4.69, 9.17) is 0 Å². The fourth-order valence-electron chi connectivity index (χ4n) is 2.58. The summed E-state index contributed by atoms with van der Waals surface area (Å²) in [7, 11) is 2.12. The van der Waals surface area contributed by atoms with Gasteiger partial charge >= 0.3 is 0 Å². The van der Waals surface area contributed by atoms with Gasteiger partial charge in [-0.3, -0.25) is 0 Å². The van der Waals surface area contributed by atoms with E-state index in [1.165, 1.54) is 76.4 Å². The number of rotatable bonds is 11. The van der Waals surface area contributed by atoms with E-state index in [0.717, 1.165) is 0 Å². The van der Waals surface area contributed by atoms with E-state index in [-0.39, 0.29) is 0 Å². The molecule has 1 aromatic heterocycles. The minimum absolute atomic E-state index is 1.18. The second kappa shape index (κ2) is 10.1. The predicted molar refractivity (Wildman–Crippen MR) is 82.2 cm³/mol. The zero-order chi connectivity index (χ0) is 13.9. The third kappa shape index (κ3) is 7.39. The molecule has 0 radical (unpaired) electrons. The molecule has 0 unspecified atom stereocenters. The van der Waals surface area contributed by atoms with Crippen molar-refractivity contribution in [2.75, 3.05) is 0 Å². The average Bonchev–Trinajstić information content (AvgIpc) is 2.71. The molecule has 0 aliphatic heterocycles. The summed E-state index contributed by atoms with van der Waals surface area (Å²) < 4.78 is 4.51. The van der Waals surface area contributed by atoms with Crippen molar-refractivity contribution in [1.29, 1.82) is 0 Å². The van der Waals surface area contributed by atoms with Crippen LogP contribution in [0.5, 0.6) is 0 Å². The summed E-state index contributed by atoms with van der Waals surface area (Å²) in [5, 5.41) is 0. The molecular formula is C17H33N2+. The van der Waals surface area contributed by atoms with Crippen molar-refractivity contribution in [3.8, 4) is 0 Å². The number of aromatic nitrogens is 2. The molecule has 2 heteroatoms. The van der Waals surface area contributed by atoms with Crippen LogP contribution in [-0.4, -0.2) is 4.57 Å². The van der Waals surface area contributed by atoms with Crippen molar-refractivity contribution in [3.63, 3.8) is 0 Å². The molecule has 0 N–H and O–H groups in total. The maximum Gasteiger partial charge on any atom is 0.243 e. The largest absolute Gasteiger partial charge is 0.243 e. The van der Waals surface area contributed by atoms with Gasteiger partial charge in [0.2, 0.25) is 6.33 Å². The van der Waals surface area contributed by atoms with Crippen molar-refractivity contribution in [2.45, 2.75) is 84.6 Å². The van der Waals surface area contributed by atoms with Gasteiger partial charge in [-0.1, -0.05) is 58.3 Å². The first kappa shape index (κ1) is 16.3. The number of nitrogens with zero attached hydrogens (tertiary/aromatic N) is 2. The molecule has 0 bridgehead atoms. The number of unbranched alkanes of at least 4 members (excludes halogenated alkanes) is 9. The standard InChI is InChI=1S/C17H33N2/c1-4-5-6-7-8-9-10-11-12-13-14-19-15-17(2)18(3)16-19/h15-16H,4-14H2,1-3H3/q+1. The number of hydrogen-bond acceptors (Lipinski definition) is 0. The predicted octanol–water partition coefficient (Wildman–Crippen LogP) is 4.54. The second-order valence-electron chi connectivity index (χ2n) is 5.92. The normalized spacial score (nSPS) is 11.1. The minimum atomic E-state index is 1.18. The summed E-state index contributed by atoms with van der Waals surface area (Å²) in [6.45, 7) is 5.62. The Bertz CT molecular complexity index is 309. The van der Waals surface area contributed by atoms with E-state index >= 15 is 0 Å². The van der Waals surface area contributed by atoms with E-state index < -0.39 is 0 Å². The van der Waals surface area contributed by atoms with Gasteiger partial charge in [0, 0.05) is 6.92 Å². The Balaban J connectivity index is 1.88. The summed E-state index contributed by atoms with van der Waals surface area (Å²) >= 11 is 0. The Labute approximate surface area is 119 Å². The first-order valence-corrected chi connectivity index (χ1v) is 8.26. The third-order valence-electron chi connectivity index (χ3n) is 4.00. The zero-order valence-corrected chi connectivity index (χ0v) is 13.3. The quantitative estimate of drug-likeness (QED) is 0.410. The maximum atomic E-state index is 2.32. The van der Waals surface area contributed by atoms with Gasteiger partial charge in [0.05, 0.1) is 13.6 Å². The molecule has 0 saturated heterocycles. The Hall–Kier alpha value is -0.790. The molecule has 1 aromatic rings. The second-order valence-corrected chi connectivity index (χ2v) is 5.92. The van der Waals surface area contributed by atoms with Crippen LogP contribution in [0.15, 0.2) is 12.5 Å². The van der Waals surface area contributed by atoms with Gasteiger partial charge < -0.3 is 0 Å². The SMILES string of the molecule is CCCCCCCCCCCC[n+]1cc(C)n(C)c1. The van der Waals surface area contributed by atoms with Crippen LogP contribution in [0.25, 0.3) is 0 Å². The summed E-state index contributed by atoms with van der Waals surface area (Å²) in [5.41, 5.74) is 1.34. The average molecular weight is 265 g/mol. The van der Waals surface area contributed by atoms with Crippen LogP contribution in [0.3, 0.4) is 0 Å². The van der Waals surface area contributed by atoms with Crippen molar-refractivity contribution < 1.29 is 4.57 Å². The summed E-state index contributed by atoms with van der Waals surface area (Å²) in [5.74, 6) is 0. The molecule has 0 saturated carbocycles. The molecule has 2 nitrogen and oxygen atoms in total. The highest BCUT2D eigenvalue weighted by Crippen LogP contribution is 2.10. The van der Waals surface area contributed by atoms with Crippen molar-refractivity contribution >= 4 is 0 Å². The summed E-state index contributed by atoms with van der Waals surface area (Å²) in [6, 6.07) is 0. The van der Waals surface area contributed by atoms with Gasteiger partial charge in [-0.05, 0) is 12.8 Å². The van der Waals surface area contributed by atoms with E-state index in [0.29, 0.717) is 0 Å². The number of imidazole rings is 1. The fraction of sp³-hybridized carbons (Fsp3) is 0.824. The first-order valence-electron chi connectivity index (χ1n) is 8.26. The van der Waals surface area contributed by atoms with Crippen LogP contribution >= 0.6 is 0 Å². The summed E-state index contributed by atoms with van der Waals surface area (Å²) in [6.07, 6.45) is 18.6. The fourth-order valence-corrected chi connectivity index (χ4v) is 2.58. The maximum absolute atomic E-state index is 2.32. The Morgan fingerprint density at radius 2 is 1.42 bits per heavy atom. The van der Waals surface area contributed by atoms with Gasteiger partial charge in [0.15, 0.2) is 0 Å². The van der Waals surface area contributed by atoms with Crippen molar-refractivity contribution in [2.24, 2.45) is 7.05 Å². The molecule has 0 aliphatic carbocycles. The lowest BCUT2D eigenvalue weighted by molar-refractivity contribution is -0.697. The van der Waals surface area contributed by atoms with Crippen molar-refractivity contribution in [1.82, 2.24) is 4.57 Å². The van der Waals surface area contributed by atoms with Gasteiger partial charge in [-0.15, -0.1) is 0 Å². The molecule has 0 amide bonds. The van der Waals surface area contributed by atoms with Crippen LogP contribution in [0.1, 0.15) is 76.8 Å². The van der Waals surface area contributed by atoms with E-state index in [1.807, 2.05) is 0 Å². The molecule has 0 aromatic carbocycles. The monoisotopic (exact) mass is 265 g/mol. The molecule has 0 spiro atoms. The van der Waals surface area contributed by atoms with E-state index in [9.17, 15) is 0 Å². The van der Waals surface area contributed by atoms with Crippen LogP contribution in [-0.2, 0) is 13.6 Å². The smallest absolute Gasteiger partial charge is 0.237 e. The highest BCUT2D eigenvalue weighted by Gasteiger charge is 2.04. The lowest BCUT2D eigenvalue weighted by Crippen LogP contribution is -2.30. The molecule has 0 aliphatic rings. The van der Waals surface area contributed by atoms with Crippen LogP contribution in [0.2, 0.25) is 0 Å². The molecule has 0 atom stereocenters. The summed E-state index contributed by atoms with van der Waals surface area (Å²) in [4.78, 5) is 0. The minimum Gasteiger partial charge on any atom is -0.237 e. The lowest BCUT2D eigenvalue weighted by Gasteiger charge is -2.01.